The van der Waals surface area contributed by atoms with Gasteiger partial charge in [-0.15, -0.1) is 11.8 Å². The van der Waals surface area contributed by atoms with Crippen molar-refractivity contribution in [3.63, 3.8) is 0 Å². The second-order valence-corrected chi connectivity index (χ2v) is 4.42. The van der Waals surface area contributed by atoms with Gasteiger partial charge in [0.1, 0.15) is 6.04 Å². The van der Waals surface area contributed by atoms with Crippen molar-refractivity contribution in [2.75, 3.05) is 5.75 Å². The van der Waals surface area contributed by atoms with Crippen LogP contribution in [0, 0.1) is 0 Å². The molecule has 0 aliphatic heterocycles. The van der Waals surface area contributed by atoms with E-state index in [-0.39, 0.29) is 12.1 Å². The fourth-order valence-electron chi connectivity index (χ4n) is 0.620. The van der Waals surface area contributed by atoms with Gasteiger partial charge in [0.25, 0.3) is 0 Å². The summed E-state index contributed by atoms with van der Waals surface area (Å²) in [7, 11) is 0. The van der Waals surface area contributed by atoms with E-state index in [1.165, 1.54) is 11.8 Å². The molecule has 2 N–H and O–H groups in total. The smallest absolute Gasteiger partial charge is 0.324 e. The van der Waals surface area contributed by atoms with E-state index in [4.69, 9.17) is 10.5 Å². The third-order valence-corrected chi connectivity index (χ3v) is 2.18. The van der Waals surface area contributed by atoms with E-state index in [1.807, 2.05) is 6.92 Å². The summed E-state index contributed by atoms with van der Waals surface area (Å²) in [6, 6.07) is -0.552. The average Bonchev–Trinajstić information content (AvgIpc) is 1.98. The maximum Gasteiger partial charge on any atom is 0.324 e. The van der Waals surface area contributed by atoms with Crippen LogP contribution in [0.4, 0.5) is 0 Å². The van der Waals surface area contributed by atoms with Gasteiger partial charge in [0, 0.05) is 5.75 Å². The Morgan fingerprint density at radius 1 is 1.62 bits per heavy atom. The maximum atomic E-state index is 11.2. The van der Waals surface area contributed by atoms with Crippen LogP contribution in [0.3, 0.4) is 0 Å². The lowest BCUT2D eigenvalue weighted by molar-refractivity contribution is -0.148. The Morgan fingerprint density at radius 2 is 2.15 bits per heavy atom. The summed E-state index contributed by atoms with van der Waals surface area (Å²) >= 11 is 1.47. The van der Waals surface area contributed by atoms with E-state index in [0.717, 1.165) is 4.91 Å². The minimum absolute atomic E-state index is 0.103. The number of thioether (sulfide) groups is 1. The number of carbonyl (C=O) groups is 1. The molecule has 0 aromatic rings. The van der Waals surface area contributed by atoms with Gasteiger partial charge in [-0.05, 0) is 25.7 Å². The first-order valence-electron chi connectivity index (χ1n) is 4.18. The lowest BCUT2D eigenvalue weighted by atomic mass is 10.3. The SMILES string of the molecule is C=C(C)SCC(N)C(=O)OC(C)C. The Labute approximate surface area is 83.7 Å². The van der Waals surface area contributed by atoms with Gasteiger partial charge in [-0.1, -0.05) is 6.58 Å². The summed E-state index contributed by atoms with van der Waals surface area (Å²) in [5.41, 5.74) is 5.58. The molecule has 0 saturated carbocycles. The van der Waals surface area contributed by atoms with Crippen molar-refractivity contribution in [2.45, 2.75) is 32.9 Å². The number of esters is 1. The lowest BCUT2D eigenvalue weighted by Crippen LogP contribution is -2.35. The third kappa shape index (κ3) is 6.66. The summed E-state index contributed by atoms with van der Waals surface area (Å²) in [5, 5.41) is 0. The molecular formula is C9H17NO2S. The van der Waals surface area contributed by atoms with Crippen LogP contribution >= 0.6 is 11.8 Å². The van der Waals surface area contributed by atoms with E-state index >= 15 is 0 Å². The number of carbonyl (C=O) groups excluding carboxylic acids is 1. The Morgan fingerprint density at radius 3 is 2.54 bits per heavy atom. The lowest BCUT2D eigenvalue weighted by Gasteiger charge is -2.13. The zero-order chi connectivity index (χ0) is 10.4. The molecule has 0 bridgehead atoms. The Hall–Kier alpha value is -0.480. The van der Waals surface area contributed by atoms with Crippen molar-refractivity contribution in [1.82, 2.24) is 0 Å². The van der Waals surface area contributed by atoms with Crippen molar-refractivity contribution < 1.29 is 9.53 Å². The minimum atomic E-state index is -0.552. The predicted octanol–water partition coefficient (Wildman–Crippen LogP) is 1.53. The molecule has 1 unspecified atom stereocenters. The molecule has 0 spiro atoms. The van der Waals surface area contributed by atoms with Gasteiger partial charge < -0.3 is 10.5 Å². The van der Waals surface area contributed by atoms with Crippen molar-refractivity contribution in [3.8, 4) is 0 Å². The Bertz CT molecular complexity index is 192. The highest BCUT2D eigenvalue weighted by Gasteiger charge is 2.15. The molecule has 4 heteroatoms. The minimum Gasteiger partial charge on any atom is -0.462 e. The molecule has 0 aromatic carbocycles. The number of allylic oxidation sites excluding steroid dienone is 1. The quantitative estimate of drug-likeness (QED) is 0.688. The van der Waals surface area contributed by atoms with E-state index in [1.54, 1.807) is 13.8 Å². The van der Waals surface area contributed by atoms with Crippen molar-refractivity contribution in [3.05, 3.63) is 11.5 Å². The molecule has 0 radical (unpaired) electrons. The first kappa shape index (κ1) is 12.5. The molecule has 0 aliphatic rings. The normalized spacial score (nSPS) is 12.7. The molecule has 0 aliphatic carbocycles. The molecular weight excluding hydrogens is 186 g/mol. The van der Waals surface area contributed by atoms with Gasteiger partial charge in [0.15, 0.2) is 0 Å². The first-order valence-corrected chi connectivity index (χ1v) is 5.16. The van der Waals surface area contributed by atoms with Crippen LogP contribution < -0.4 is 5.73 Å². The highest BCUT2D eigenvalue weighted by Crippen LogP contribution is 2.12. The number of rotatable bonds is 5. The maximum absolute atomic E-state index is 11.2. The second kappa shape index (κ2) is 6.05. The molecule has 1 atom stereocenters. The number of hydrogen-bond acceptors (Lipinski definition) is 4. The zero-order valence-electron chi connectivity index (χ0n) is 8.37. The van der Waals surface area contributed by atoms with Crippen LogP contribution in [0.1, 0.15) is 20.8 Å². The molecule has 0 heterocycles. The largest absolute Gasteiger partial charge is 0.462 e. The van der Waals surface area contributed by atoms with Crippen LogP contribution in [0.5, 0.6) is 0 Å². The Balaban J connectivity index is 3.76. The van der Waals surface area contributed by atoms with E-state index in [9.17, 15) is 4.79 Å². The van der Waals surface area contributed by atoms with Gasteiger partial charge in [0.2, 0.25) is 0 Å². The summed E-state index contributed by atoms with van der Waals surface area (Å²) in [4.78, 5) is 12.1. The summed E-state index contributed by atoms with van der Waals surface area (Å²) in [5.74, 6) is 0.185. The number of nitrogens with two attached hydrogens (primary N) is 1. The number of ether oxygens (including phenoxy) is 1. The molecule has 76 valence electrons. The highest BCUT2D eigenvalue weighted by molar-refractivity contribution is 8.03. The average molecular weight is 203 g/mol. The molecule has 0 saturated heterocycles. The van der Waals surface area contributed by atoms with Crippen molar-refractivity contribution in [2.24, 2.45) is 5.73 Å². The number of hydrogen-bond donors (Lipinski definition) is 1. The van der Waals surface area contributed by atoms with E-state index in [2.05, 4.69) is 6.58 Å². The van der Waals surface area contributed by atoms with Crippen molar-refractivity contribution in [1.29, 1.82) is 0 Å². The van der Waals surface area contributed by atoms with Gasteiger partial charge >= 0.3 is 5.97 Å². The highest BCUT2D eigenvalue weighted by atomic mass is 32.2. The summed E-state index contributed by atoms with van der Waals surface area (Å²) in [6.45, 7) is 9.19. The predicted molar refractivity (Wildman–Crippen MR) is 56.5 cm³/mol. The van der Waals surface area contributed by atoms with E-state index < -0.39 is 6.04 Å². The molecule has 0 amide bonds. The van der Waals surface area contributed by atoms with Gasteiger partial charge in [0.05, 0.1) is 6.10 Å². The van der Waals surface area contributed by atoms with Gasteiger partial charge in [-0.3, -0.25) is 4.79 Å². The van der Waals surface area contributed by atoms with Crippen LogP contribution in [-0.4, -0.2) is 23.9 Å². The third-order valence-electron chi connectivity index (χ3n) is 1.16. The van der Waals surface area contributed by atoms with Crippen LogP contribution in [0.2, 0.25) is 0 Å². The first-order chi connectivity index (χ1) is 5.93. The zero-order valence-corrected chi connectivity index (χ0v) is 9.19. The van der Waals surface area contributed by atoms with Crippen LogP contribution in [-0.2, 0) is 9.53 Å². The standard InChI is InChI=1S/C9H17NO2S/c1-6(2)12-9(11)8(10)5-13-7(3)4/h6,8H,3,5,10H2,1-2,4H3. The Kier molecular flexibility index (Phi) is 5.82. The fraction of sp³-hybridized carbons (Fsp3) is 0.667. The molecule has 0 rings (SSSR count). The molecule has 0 fully saturated rings. The van der Waals surface area contributed by atoms with Gasteiger partial charge in [-0.2, -0.15) is 0 Å². The molecule has 3 nitrogen and oxygen atoms in total. The second-order valence-electron chi connectivity index (χ2n) is 3.11. The topological polar surface area (TPSA) is 52.3 Å². The monoisotopic (exact) mass is 203 g/mol. The van der Waals surface area contributed by atoms with Crippen LogP contribution in [0.15, 0.2) is 11.5 Å². The van der Waals surface area contributed by atoms with Gasteiger partial charge in [-0.25, -0.2) is 0 Å². The molecule has 0 aromatic heterocycles. The summed E-state index contributed by atoms with van der Waals surface area (Å²) in [6.07, 6.45) is -0.103. The van der Waals surface area contributed by atoms with Crippen LogP contribution in [0.25, 0.3) is 0 Å². The van der Waals surface area contributed by atoms with E-state index in [0.29, 0.717) is 5.75 Å². The van der Waals surface area contributed by atoms with Crippen molar-refractivity contribution >= 4 is 17.7 Å². The molecule has 13 heavy (non-hydrogen) atoms. The fourth-order valence-corrected chi connectivity index (χ4v) is 1.22. The summed E-state index contributed by atoms with van der Waals surface area (Å²) < 4.78 is 4.94.